The van der Waals surface area contributed by atoms with Crippen LogP contribution in [0.5, 0.6) is 0 Å². The smallest absolute Gasteiger partial charge is 0.307 e. The van der Waals surface area contributed by atoms with Crippen molar-refractivity contribution in [2.24, 2.45) is 0 Å². The minimum absolute atomic E-state index is 0.160. The fourth-order valence-electron chi connectivity index (χ4n) is 2.68. The van der Waals surface area contributed by atoms with Gasteiger partial charge in [-0.05, 0) is 30.2 Å². The number of aromatic amines is 1. The summed E-state index contributed by atoms with van der Waals surface area (Å²) in [5, 5.41) is 9.87. The SMILES string of the molecule is Cc1cccc2c(CC(=O)O)c(-c3ccc(F)cc3F)[nH]c12. The molecule has 0 amide bonds. The van der Waals surface area contributed by atoms with Crippen LogP contribution in [0, 0.1) is 18.6 Å². The lowest BCUT2D eigenvalue weighted by Gasteiger charge is -2.04. The maximum Gasteiger partial charge on any atom is 0.307 e. The fourth-order valence-corrected chi connectivity index (χ4v) is 2.68. The number of rotatable bonds is 3. The van der Waals surface area contributed by atoms with Gasteiger partial charge in [-0.15, -0.1) is 0 Å². The Bertz CT molecular complexity index is 884. The summed E-state index contributed by atoms with van der Waals surface area (Å²) < 4.78 is 27.2. The molecular weight excluding hydrogens is 288 g/mol. The number of H-pyrrole nitrogens is 1. The maximum atomic E-state index is 14.1. The summed E-state index contributed by atoms with van der Waals surface area (Å²) in [4.78, 5) is 14.2. The summed E-state index contributed by atoms with van der Waals surface area (Å²) in [7, 11) is 0. The number of benzene rings is 2. The molecule has 0 aliphatic rings. The molecule has 5 heteroatoms. The largest absolute Gasteiger partial charge is 0.481 e. The molecule has 0 unspecified atom stereocenters. The van der Waals surface area contributed by atoms with E-state index < -0.39 is 17.6 Å². The topological polar surface area (TPSA) is 53.1 Å². The molecule has 3 rings (SSSR count). The minimum Gasteiger partial charge on any atom is -0.481 e. The highest BCUT2D eigenvalue weighted by Gasteiger charge is 2.19. The molecule has 3 aromatic rings. The number of hydrogen-bond donors (Lipinski definition) is 2. The number of aliphatic carboxylic acids is 1. The third-order valence-electron chi connectivity index (χ3n) is 3.68. The number of carboxylic acid groups (broad SMARTS) is 1. The number of para-hydroxylation sites is 1. The van der Waals surface area contributed by atoms with Gasteiger partial charge in [0.25, 0.3) is 0 Å². The predicted molar refractivity (Wildman–Crippen MR) is 79.7 cm³/mol. The van der Waals surface area contributed by atoms with Crippen molar-refractivity contribution in [3.8, 4) is 11.3 Å². The molecule has 0 aliphatic carbocycles. The van der Waals surface area contributed by atoms with E-state index in [-0.39, 0.29) is 12.0 Å². The van der Waals surface area contributed by atoms with Crippen molar-refractivity contribution in [1.82, 2.24) is 4.98 Å². The van der Waals surface area contributed by atoms with Gasteiger partial charge in [0.1, 0.15) is 11.6 Å². The zero-order chi connectivity index (χ0) is 15.9. The lowest BCUT2D eigenvalue weighted by Crippen LogP contribution is -2.01. The van der Waals surface area contributed by atoms with Crippen molar-refractivity contribution in [1.29, 1.82) is 0 Å². The fraction of sp³-hybridized carbons (Fsp3) is 0.118. The first-order valence-corrected chi connectivity index (χ1v) is 6.74. The van der Waals surface area contributed by atoms with E-state index in [0.29, 0.717) is 11.3 Å². The second kappa shape index (κ2) is 5.26. The van der Waals surface area contributed by atoms with Gasteiger partial charge in [-0.25, -0.2) is 8.78 Å². The summed E-state index contributed by atoms with van der Waals surface area (Å²) in [5.74, 6) is -2.41. The van der Waals surface area contributed by atoms with Crippen LogP contribution in [0.25, 0.3) is 22.2 Å². The number of aryl methyl sites for hydroxylation is 1. The van der Waals surface area contributed by atoms with Crippen molar-refractivity contribution in [3.05, 3.63) is 59.2 Å². The van der Waals surface area contributed by atoms with E-state index in [1.807, 2.05) is 19.1 Å². The van der Waals surface area contributed by atoms with Crippen molar-refractivity contribution >= 4 is 16.9 Å². The van der Waals surface area contributed by atoms with Crippen LogP contribution < -0.4 is 0 Å². The first kappa shape index (κ1) is 14.3. The van der Waals surface area contributed by atoms with Gasteiger partial charge >= 0.3 is 5.97 Å². The highest BCUT2D eigenvalue weighted by molar-refractivity contribution is 5.95. The van der Waals surface area contributed by atoms with Gasteiger partial charge in [0.2, 0.25) is 0 Å². The Morgan fingerprint density at radius 1 is 1.23 bits per heavy atom. The summed E-state index contributed by atoms with van der Waals surface area (Å²) in [6.45, 7) is 1.88. The second-order valence-electron chi connectivity index (χ2n) is 5.17. The molecule has 2 aromatic carbocycles. The van der Waals surface area contributed by atoms with Gasteiger partial charge in [-0.1, -0.05) is 18.2 Å². The van der Waals surface area contributed by atoms with Gasteiger partial charge < -0.3 is 10.1 Å². The summed E-state index contributed by atoms with van der Waals surface area (Å²) in [6.07, 6.45) is -0.240. The Morgan fingerprint density at radius 2 is 2.00 bits per heavy atom. The van der Waals surface area contributed by atoms with Gasteiger partial charge in [-0.2, -0.15) is 0 Å². The van der Waals surface area contributed by atoms with Gasteiger partial charge in [0.05, 0.1) is 12.1 Å². The molecule has 0 saturated heterocycles. The van der Waals surface area contributed by atoms with Crippen LogP contribution in [0.3, 0.4) is 0 Å². The maximum absolute atomic E-state index is 14.1. The first-order chi connectivity index (χ1) is 10.5. The molecule has 0 spiro atoms. The van der Waals surface area contributed by atoms with E-state index in [2.05, 4.69) is 4.98 Å². The standard InChI is InChI=1S/C17H13F2NO2/c1-9-3-2-4-11-13(8-15(21)22)17(20-16(9)11)12-6-5-10(18)7-14(12)19/h2-7,20H,8H2,1H3,(H,21,22). The number of fused-ring (bicyclic) bond motifs is 1. The van der Waals surface area contributed by atoms with Crippen LogP contribution in [0.15, 0.2) is 36.4 Å². The Kier molecular flexibility index (Phi) is 3.41. The number of halogens is 2. The molecule has 3 nitrogen and oxygen atoms in total. The highest BCUT2D eigenvalue weighted by Crippen LogP contribution is 2.33. The number of aromatic nitrogens is 1. The van der Waals surface area contributed by atoms with Crippen molar-refractivity contribution in [2.45, 2.75) is 13.3 Å². The molecule has 0 aliphatic heterocycles. The number of hydrogen-bond acceptors (Lipinski definition) is 1. The van der Waals surface area contributed by atoms with E-state index in [9.17, 15) is 13.6 Å². The third-order valence-corrected chi connectivity index (χ3v) is 3.68. The van der Waals surface area contributed by atoms with Crippen LogP contribution in [0.2, 0.25) is 0 Å². The van der Waals surface area contributed by atoms with E-state index in [1.54, 1.807) is 6.07 Å². The van der Waals surface area contributed by atoms with Crippen molar-refractivity contribution in [2.75, 3.05) is 0 Å². The third kappa shape index (κ3) is 2.35. The highest BCUT2D eigenvalue weighted by atomic mass is 19.1. The Morgan fingerprint density at radius 3 is 2.68 bits per heavy atom. The number of carboxylic acids is 1. The molecule has 0 atom stereocenters. The van der Waals surface area contributed by atoms with Crippen LogP contribution in [-0.4, -0.2) is 16.1 Å². The van der Waals surface area contributed by atoms with Gasteiger partial charge in [0.15, 0.2) is 0 Å². The molecular formula is C17H13F2NO2. The van der Waals surface area contributed by atoms with E-state index in [4.69, 9.17) is 5.11 Å². The Labute approximate surface area is 125 Å². The molecule has 1 aromatic heterocycles. The number of carbonyl (C=O) groups is 1. The van der Waals surface area contributed by atoms with E-state index >= 15 is 0 Å². The number of nitrogens with one attached hydrogen (secondary N) is 1. The summed E-state index contributed by atoms with van der Waals surface area (Å²) >= 11 is 0. The summed E-state index contributed by atoms with van der Waals surface area (Å²) in [5.41, 5.74) is 2.73. The average molecular weight is 301 g/mol. The molecule has 0 fully saturated rings. The minimum atomic E-state index is -1.01. The van der Waals surface area contributed by atoms with Gasteiger partial charge in [-0.3, -0.25) is 4.79 Å². The first-order valence-electron chi connectivity index (χ1n) is 6.74. The normalized spacial score (nSPS) is 11.0. The Hall–Kier alpha value is -2.69. The molecule has 22 heavy (non-hydrogen) atoms. The van der Waals surface area contributed by atoms with Crippen LogP contribution in [-0.2, 0) is 11.2 Å². The zero-order valence-electron chi connectivity index (χ0n) is 11.8. The average Bonchev–Trinajstić information content (AvgIpc) is 2.79. The quantitative estimate of drug-likeness (QED) is 0.767. The molecule has 0 saturated carbocycles. The molecule has 1 heterocycles. The molecule has 112 valence electrons. The predicted octanol–water partition coefficient (Wildman–Crippen LogP) is 4.05. The molecule has 0 bridgehead atoms. The van der Waals surface area contributed by atoms with Crippen LogP contribution in [0.1, 0.15) is 11.1 Å². The zero-order valence-corrected chi connectivity index (χ0v) is 11.8. The van der Waals surface area contributed by atoms with E-state index in [0.717, 1.165) is 28.6 Å². The van der Waals surface area contributed by atoms with Crippen molar-refractivity contribution in [3.63, 3.8) is 0 Å². The lowest BCUT2D eigenvalue weighted by atomic mass is 10.0. The van der Waals surface area contributed by atoms with E-state index in [1.165, 1.54) is 6.07 Å². The second-order valence-corrected chi connectivity index (χ2v) is 5.17. The monoisotopic (exact) mass is 301 g/mol. The Balaban J connectivity index is 2.32. The van der Waals surface area contributed by atoms with Crippen LogP contribution >= 0.6 is 0 Å². The van der Waals surface area contributed by atoms with Gasteiger partial charge in [0, 0.05) is 22.5 Å². The molecule has 0 radical (unpaired) electrons. The molecule has 2 N–H and O–H groups in total. The lowest BCUT2D eigenvalue weighted by molar-refractivity contribution is -0.136. The van der Waals surface area contributed by atoms with Crippen molar-refractivity contribution < 1.29 is 18.7 Å². The summed E-state index contributed by atoms with van der Waals surface area (Å²) in [6, 6.07) is 8.76. The van der Waals surface area contributed by atoms with Crippen LogP contribution in [0.4, 0.5) is 8.78 Å².